The van der Waals surface area contributed by atoms with Crippen LogP contribution in [0.15, 0.2) is 59.0 Å². The molecular formula is C17H13N3O5. The molecule has 0 spiro atoms. The van der Waals surface area contributed by atoms with Gasteiger partial charge in [-0.3, -0.25) is 20.1 Å². The van der Waals surface area contributed by atoms with Crippen LogP contribution in [0.3, 0.4) is 0 Å². The molecule has 0 radical (unpaired) electrons. The van der Waals surface area contributed by atoms with Gasteiger partial charge in [0, 0.05) is 16.6 Å². The van der Waals surface area contributed by atoms with E-state index in [4.69, 9.17) is 9.62 Å². The molecule has 0 atom stereocenters. The van der Waals surface area contributed by atoms with Crippen LogP contribution >= 0.6 is 0 Å². The van der Waals surface area contributed by atoms with Crippen LogP contribution in [0.2, 0.25) is 0 Å². The van der Waals surface area contributed by atoms with Gasteiger partial charge in [-0.25, -0.2) is 10.3 Å². The van der Waals surface area contributed by atoms with Crippen LogP contribution in [-0.2, 0) is 0 Å². The van der Waals surface area contributed by atoms with Crippen molar-refractivity contribution in [3.63, 3.8) is 0 Å². The fourth-order valence-corrected chi connectivity index (χ4v) is 2.22. The Labute approximate surface area is 141 Å². The summed E-state index contributed by atoms with van der Waals surface area (Å²) in [6.07, 6.45) is 0. The molecule has 126 valence electrons. The lowest BCUT2D eigenvalue weighted by Crippen LogP contribution is -2.34. The number of hydrogen-bond donors (Lipinski definition) is 4. The van der Waals surface area contributed by atoms with Crippen molar-refractivity contribution in [3.05, 3.63) is 65.9 Å². The van der Waals surface area contributed by atoms with Crippen LogP contribution < -0.4 is 16.1 Å². The minimum Gasteiger partial charge on any atom is -0.451 e. The van der Waals surface area contributed by atoms with E-state index in [1.165, 1.54) is 11.5 Å². The summed E-state index contributed by atoms with van der Waals surface area (Å²) in [6, 6.07) is 13.7. The summed E-state index contributed by atoms with van der Waals surface area (Å²) in [7, 11) is 0. The fraction of sp³-hybridized carbons (Fsp3) is 0. The lowest BCUT2D eigenvalue weighted by atomic mass is 10.2. The minimum atomic E-state index is -0.781. The van der Waals surface area contributed by atoms with E-state index in [1.54, 1.807) is 48.5 Å². The quantitative estimate of drug-likeness (QED) is 0.431. The van der Waals surface area contributed by atoms with Crippen molar-refractivity contribution in [2.45, 2.75) is 0 Å². The molecule has 0 bridgehead atoms. The van der Waals surface area contributed by atoms with Crippen LogP contribution in [0.1, 0.15) is 20.9 Å². The van der Waals surface area contributed by atoms with E-state index in [2.05, 4.69) is 10.6 Å². The number of urea groups is 1. The van der Waals surface area contributed by atoms with Crippen molar-refractivity contribution in [2.24, 2.45) is 0 Å². The van der Waals surface area contributed by atoms with E-state index >= 15 is 0 Å². The number of hydroxylamine groups is 1. The third kappa shape index (κ3) is 3.65. The molecule has 1 heterocycles. The first-order valence-electron chi connectivity index (χ1n) is 7.22. The topological polar surface area (TPSA) is 121 Å². The molecule has 0 aliphatic rings. The average Bonchev–Trinajstić information content (AvgIpc) is 3.05. The van der Waals surface area contributed by atoms with Gasteiger partial charge in [0.1, 0.15) is 5.58 Å². The molecule has 8 heteroatoms. The highest BCUT2D eigenvalue weighted by Crippen LogP contribution is 2.23. The largest absolute Gasteiger partial charge is 0.451 e. The SMILES string of the molecule is O=C(NC(=O)c1ccccc1)Nc1ccc2oc(C(=O)NO)cc2c1. The molecule has 0 saturated carbocycles. The molecule has 4 amide bonds. The average molecular weight is 339 g/mol. The molecule has 25 heavy (non-hydrogen) atoms. The first-order valence-corrected chi connectivity index (χ1v) is 7.22. The van der Waals surface area contributed by atoms with Gasteiger partial charge in [0.2, 0.25) is 0 Å². The van der Waals surface area contributed by atoms with E-state index in [0.29, 0.717) is 22.2 Å². The third-order valence-corrected chi connectivity index (χ3v) is 3.36. The fourth-order valence-electron chi connectivity index (χ4n) is 2.22. The van der Waals surface area contributed by atoms with Crippen molar-refractivity contribution < 1.29 is 24.0 Å². The van der Waals surface area contributed by atoms with Gasteiger partial charge < -0.3 is 9.73 Å². The Morgan fingerprint density at radius 1 is 0.920 bits per heavy atom. The number of anilines is 1. The predicted octanol–water partition coefficient (Wildman–Crippen LogP) is 2.51. The molecule has 3 aromatic rings. The van der Waals surface area contributed by atoms with Crippen LogP contribution in [-0.4, -0.2) is 23.1 Å². The van der Waals surface area contributed by atoms with Gasteiger partial charge in [-0.15, -0.1) is 0 Å². The van der Waals surface area contributed by atoms with Crippen LogP contribution in [0.5, 0.6) is 0 Å². The number of rotatable bonds is 3. The molecule has 3 rings (SSSR count). The Kier molecular flexibility index (Phi) is 4.44. The number of imide groups is 1. The number of carbonyl (C=O) groups is 3. The maximum atomic E-state index is 11.9. The second-order valence-corrected chi connectivity index (χ2v) is 5.08. The first-order chi connectivity index (χ1) is 12.1. The summed E-state index contributed by atoms with van der Waals surface area (Å²) in [5.41, 5.74) is 2.65. The number of furan rings is 1. The number of fused-ring (bicyclic) bond motifs is 1. The second-order valence-electron chi connectivity index (χ2n) is 5.08. The standard InChI is InChI=1S/C17H13N3O5/c21-15(10-4-2-1-3-5-10)19-17(23)18-12-6-7-13-11(8-12)9-14(25-13)16(22)20-24/h1-9,24H,(H,20,22)(H2,18,19,21,23). The number of benzene rings is 2. The van der Waals surface area contributed by atoms with Crippen molar-refractivity contribution in [1.29, 1.82) is 0 Å². The normalized spacial score (nSPS) is 10.3. The highest BCUT2D eigenvalue weighted by molar-refractivity contribution is 6.08. The van der Waals surface area contributed by atoms with Gasteiger partial charge in [-0.05, 0) is 36.4 Å². The first kappa shape index (κ1) is 16.2. The van der Waals surface area contributed by atoms with Gasteiger partial charge in [0.15, 0.2) is 5.76 Å². The molecule has 0 aliphatic heterocycles. The Morgan fingerprint density at radius 3 is 2.40 bits per heavy atom. The number of amides is 4. The van der Waals surface area contributed by atoms with Gasteiger partial charge in [0.05, 0.1) is 0 Å². The van der Waals surface area contributed by atoms with Crippen LogP contribution in [0, 0.1) is 0 Å². The zero-order valence-corrected chi connectivity index (χ0v) is 12.8. The highest BCUT2D eigenvalue weighted by atomic mass is 16.5. The number of nitrogens with one attached hydrogen (secondary N) is 3. The summed E-state index contributed by atoms with van der Waals surface area (Å²) in [4.78, 5) is 35.2. The number of hydrogen-bond acceptors (Lipinski definition) is 5. The minimum absolute atomic E-state index is 0.0710. The molecule has 0 saturated heterocycles. The summed E-state index contributed by atoms with van der Waals surface area (Å²) in [5.74, 6) is -1.38. The smallest absolute Gasteiger partial charge is 0.326 e. The van der Waals surface area contributed by atoms with Crippen molar-refractivity contribution >= 4 is 34.5 Å². The summed E-state index contributed by atoms with van der Waals surface area (Å²) >= 11 is 0. The van der Waals surface area contributed by atoms with E-state index in [1.807, 2.05) is 0 Å². The zero-order chi connectivity index (χ0) is 17.8. The lowest BCUT2D eigenvalue weighted by Gasteiger charge is -2.06. The molecule has 2 aromatic carbocycles. The van der Waals surface area contributed by atoms with Crippen LogP contribution in [0.25, 0.3) is 11.0 Å². The molecule has 4 N–H and O–H groups in total. The highest BCUT2D eigenvalue weighted by Gasteiger charge is 2.13. The molecule has 1 aromatic heterocycles. The summed E-state index contributed by atoms with van der Waals surface area (Å²) in [5, 5.41) is 13.9. The lowest BCUT2D eigenvalue weighted by molar-refractivity contribution is 0.0678. The van der Waals surface area contributed by atoms with Crippen molar-refractivity contribution in [1.82, 2.24) is 10.8 Å². The van der Waals surface area contributed by atoms with E-state index < -0.39 is 17.8 Å². The van der Waals surface area contributed by atoms with Gasteiger partial charge in [-0.1, -0.05) is 18.2 Å². The maximum Gasteiger partial charge on any atom is 0.326 e. The summed E-state index contributed by atoms with van der Waals surface area (Å²) < 4.78 is 5.25. The second kappa shape index (κ2) is 6.85. The van der Waals surface area contributed by atoms with E-state index in [-0.39, 0.29) is 5.76 Å². The molecule has 0 unspecified atom stereocenters. The Bertz CT molecular complexity index is 949. The molecular weight excluding hydrogens is 326 g/mol. The Balaban J connectivity index is 1.70. The van der Waals surface area contributed by atoms with E-state index in [0.717, 1.165) is 0 Å². The summed E-state index contributed by atoms with van der Waals surface area (Å²) in [6.45, 7) is 0. The van der Waals surface area contributed by atoms with Gasteiger partial charge >= 0.3 is 11.9 Å². The van der Waals surface area contributed by atoms with Crippen LogP contribution in [0.4, 0.5) is 10.5 Å². The van der Waals surface area contributed by atoms with Gasteiger partial charge in [0.25, 0.3) is 5.91 Å². The van der Waals surface area contributed by atoms with Gasteiger partial charge in [-0.2, -0.15) is 0 Å². The Morgan fingerprint density at radius 2 is 1.68 bits per heavy atom. The molecule has 8 nitrogen and oxygen atoms in total. The monoisotopic (exact) mass is 339 g/mol. The third-order valence-electron chi connectivity index (χ3n) is 3.36. The van der Waals surface area contributed by atoms with Crippen molar-refractivity contribution in [2.75, 3.05) is 5.32 Å². The maximum absolute atomic E-state index is 11.9. The molecule has 0 fully saturated rings. The predicted molar refractivity (Wildman–Crippen MR) is 88.4 cm³/mol. The molecule has 0 aliphatic carbocycles. The number of carbonyl (C=O) groups excluding carboxylic acids is 3. The Hall–Kier alpha value is -3.65. The van der Waals surface area contributed by atoms with Crippen molar-refractivity contribution in [3.8, 4) is 0 Å². The van der Waals surface area contributed by atoms with E-state index in [9.17, 15) is 14.4 Å². The zero-order valence-electron chi connectivity index (χ0n) is 12.8.